The van der Waals surface area contributed by atoms with Crippen LogP contribution in [0.25, 0.3) is 0 Å². The summed E-state index contributed by atoms with van der Waals surface area (Å²) in [5, 5.41) is 11.7. The molecule has 1 aromatic heterocycles. The summed E-state index contributed by atoms with van der Waals surface area (Å²) >= 11 is 3.63. The van der Waals surface area contributed by atoms with Crippen molar-refractivity contribution in [3.05, 3.63) is 46.2 Å². The molecule has 1 aromatic carbocycles. The third-order valence-corrected chi connectivity index (χ3v) is 3.71. The number of rotatable bonds is 6. The Morgan fingerprint density at radius 2 is 2.16 bits per heavy atom. The zero-order chi connectivity index (χ0) is 13.7. The van der Waals surface area contributed by atoms with Gasteiger partial charge in [0.15, 0.2) is 0 Å². The Bertz CT molecular complexity index is 524. The number of hydrogen-bond donors (Lipinski definition) is 1. The maximum absolute atomic E-state index is 4.18. The van der Waals surface area contributed by atoms with E-state index in [2.05, 4.69) is 56.7 Å². The second kappa shape index (κ2) is 6.82. The van der Waals surface area contributed by atoms with Gasteiger partial charge in [-0.15, -0.1) is 5.10 Å². The zero-order valence-corrected chi connectivity index (χ0v) is 12.9. The van der Waals surface area contributed by atoms with Gasteiger partial charge < -0.3 is 5.32 Å². The standard InChI is InChI=1S/C14H19BrN4/c1-3-8-16-14(9-11-10-19(2)18-17-11)12-6-4-5-7-13(12)15/h4-7,10,14,16H,3,8-9H2,1-2H3. The summed E-state index contributed by atoms with van der Waals surface area (Å²) in [6.07, 6.45) is 3.93. The van der Waals surface area contributed by atoms with Crippen LogP contribution in [0.3, 0.4) is 0 Å². The zero-order valence-electron chi connectivity index (χ0n) is 11.3. The van der Waals surface area contributed by atoms with Crippen LogP contribution in [-0.2, 0) is 13.5 Å². The molecular formula is C14H19BrN4. The summed E-state index contributed by atoms with van der Waals surface area (Å²) in [6.45, 7) is 3.17. The van der Waals surface area contributed by atoms with Gasteiger partial charge in [-0.3, -0.25) is 4.68 Å². The van der Waals surface area contributed by atoms with E-state index in [-0.39, 0.29) is 6.04 Å². The SMILES string of the molecule is CCCNC(Cc1cn(C)nn1)c1ccccc1Br. The average Bonchev–Trinajstić information content (AvgIpc) is 2.81. The van der Waals surface area contributed by atoms with E-state index >= 15 is 0 Å². The summed E-state index contributed by atoms with van der Waals surface area (Å²) in [4.78, 5) is 0. The first-order valence-electron chi connectivity index (χ1n) is 6.53. The Labute approximate surface area is 122 Å². The highest BCUT2D eigenvalue weighted by Crippen LogP contribution is 2.25. The van der Waals surface area contributed by atoms with E-state index in [4.69, 9.17) is 0 Å². The number of halogens is 1. The molecule has 1 N–H and O–H groups in total. The van der Waals surface area contributed by atoms with E-state index in [0.717, 1.165) is 29.6 Å². The molecule has 0 fully saturated rings. The van der Waals surface area contributed by atoms with Gasteiger partial charge in [-0.2, -0.15) is 0 Å². The van der Waals surface area contributed by atoms with Crippen LogP contribution in [0.2, 0.25) is 0 Å². The number of benzene rings is 1. The largest absolute Gasteiger partial charge is 0.310 e. The summed E-state index contributed by atoms with van der Waals surface area (Å²) in [5.41, 5.74) is 2.27. The molecule has 102 valence electrons. The number of aryl methyl sites for hydroxylation is 1. The fraction of sp³-hybridized carbons (Fsp3) is 0.429. The highest BCUT2D eigenvalue weighted by Gasteiger charge is 2.15. The minimum Gasteiger partial charge on any atom is -0.310 e. The van der Waals surface area contributed by atoms with E-state index in [9.17, 15) is 0 Å². The molecule has 5 heteroatoms. The van der Waals surface area contributed by atoms with Crippen molar-refractivity contribution < 1.29 is 0 Å². The number of aromatic nitrogens is 3. The molecule has 0 amide bonds. The predicted molar refractivity (Wildman–Crippen MR) is 79.9 cm³/mol. The van der Waals surface area contributed by atoms with Crippen LogP contribution >= 0.6 is 15.9 Å². The lowest BCUT2D eigenvalue weighted by Crippen LogP contribution is -2.24. The quantitative estimate of drug-likeness (QED) is 0.889. The summed E-state index contributed by atoms with van der Waals surface area (Å²) in [7, 11) is 1.89. The Kier molecular flexibility index (Phi) is 5.10. The normalized spacial score (nSPS) is 12.6. The fourth-order valence-corrected chi connectivity index (χ4v) is 2.63. The summed E-state index contributed by atoms with van der Waals surface area (Å²) in [5.74, 6) is 0. The van der Waals surface area contributed by atoms with Crippen molar-refractivity contribution in [3.8, 4) is 0 Å². The Morgan fingerprint density at radius 3 is 2.79 bits per heavy atom. The fourth-order valence-electron chi connectivity index (χ4n) is 2.07. The van der Waals surface area contributed by atoms with Crippen LogP contribution in [0.15, 0.2) is 34.9 Å². The van der Waals surface area contributed by atoms with E-state index in [1.165, 1.54) is 5.56 Å². The van der Waals surface area contributed by atoms with Crippen LogP contribution < -0.4 is 5.32 Å². The Hall–Kier alpha value is -1.20. The van der Waals surface area contributed by atoms with Crippen LogP contribution in [0.5, 0.6) is 0 Å². The van der Waals surface area contributed by atoms with Gasteiger partial charge in [0, 0.05) is 30.2 Å². The molecule has 0 spiro atoms. The molecule has 1 atom stereocenters. The van der Waals surface area contributed by atoms with Crippen molar-refractivity contribution in [2.24, 2.45) is 7.05 Å². The Morgan fingerprint density at radius 1 is 1.37 bits per heavy atom. The van der Waals surface area contributed by atoms with Gasteiger partial charge >= 0.3 is 0 Å². The third kappa shape index (κ3) is 3.88. The van der Waals surface area contributed by atoms with Crippen molar-refractivity contribution in [1.82, 2.24) is 20.3 Å². The third-order valence-electron chi connectivity index (χ3n) is 2.98. The molecule has 19 heavy (non-hydrogen) atoms. The first-order valence-corrected chi connectivity index (χ1v) is 7.33. The molecule has 2 aromatic rings. The maximum Gasteiger partial charge on any atom is 0.0845 e. The molecule has 0 aliphatic heterocycles. The second-order valence-corrected chi connectivity index (χ2v) is 5.47. The molecule has 1 heterocycles. The second-order valence-electron chi connectivity index (χ2n) is 4.62. The van der Waals surface area contributed by atoms with Crippen LogP contribution in [0, 0.1) is 0 Å². The minimum absolute atomic E-state index is 0.257. The lowest BCUT2D eigenvalue weighted by Gasteiger charge is -2.19. The highest BCUT2D eigenvalue weighted by molar-refractivity contribution is 9.10. The van der Waals surface area contributed by atoms with Crippen molar-refractivity contribution in [1.29, 1.82) is 0 Å². The topological polar surface area (TPSA) is 42.7 Å². The lowest BCUT2D eigenvalue weighted by molar-refractivity contribution is 0.522. The van der Waals surface area contributed by atoms with Gasteiger partial charge in [0.2, 0.25) is 0 Å². The van der Waals surface area contributed by atoms with Crippen molar-refractivity contribution in [2.45, 2.75) is 25.8 Å². The molecule has 4 nitrogen and oxygen atoms in total. The number of hydrogen-bond acceptors (Lipinski definition) is 3. The monoisotopic (exact) mass is 322 g/mol. The summed E-state index contributed by atoms with van der Waals surface area (Å²) < 4.78 is 2.87. The molecule has 0 bridgehead atoms. The van der Waals surface area contributed by atoms with Gasteiger partial charge in [0.25, 0.3) is 0 Å². The molecular weight excluding hydrogens is 304 g/mol. The first kappa shape index (κ1) is 14.2. The van der Waals surface area contributed by atoms with E-state index in [1.54, 1.807) is 4.68 Å². The van der Waals surface area contributed by atoms with Crippen molar-refractivity contribution in [3.63, 3.8) is 0 Å². The average molecular weight is 323 g/mol. The van der Waals surface area contributed by atoms with Gasteiger partial charge in [-0.25, -0.2) is 0 Å². The van der Waals surface area contributed by atoms with Gasteiger partial charge in [-0.1, -0.05) is 46.3 Å². The molecule has 1 unspecified atom stereocenters. The Balaban J connectivity index is 2.18. The highest BCUT2D eigenvalue weighted by atomic mass is 79.9. The molecule has 0 saturated heterocycles. The van der Waals surface area contributed by atoms with Crippen molar-refractivity contribution in [2.75, 3.05) is 6.54 Å². The summed E-state index contributed by atoms with van der Waals surface area (Å²) in [6, 6.07) is 8.58. The molecule has 0 radical (unpaired) electrons. The van der Waals surface area contributed by atoms with Crippen LogP contribution in [-0.4, -0.2) is 21.5 Å². The number of nitrogens with zero attached hydrogens (tertiary/aromatic N) is 3. The van der Waals surface area contributed by atoms with Gasteiger partial charge in [0.05, 0.1) is 5.69 Å². The van der Waals surface area contributed by atoms with E-state index in [1.807, 2.05) is 19.3 Å². The van der Waals surface area contributed by atoms with Crippen molar-refractivity contribution >= 4 is 15.9 Å². The first-order chi connectivity index (χ1) is 9.20. The predicted octanol–water partition coefficient (Wildman–Crippen LogP) is 2.86. The lowest BCUT2D eigenvalue weighted by atomic mass is 10.0. The van der Waals surface area contributed by atoms with Crippen LogP contribution in [0.4, 0.5) is 0 Å². The van der Waals surface area contributed by atoms with E-state index < -0.39 is 0 Å². The molecule has 0 aliphatic carbocycles. The van der Waals surface area contributed by atoms with E-state index in [0.29, 0.717) is 0 Å². The minimum atomic E-state index is 0.257. The molecule has 0 aliphatic rings. The van der Waals surface area contributed by atoms with Crippen LogP contribution in [0.1, 0.15) is 30.6 Å². The molecule has 2 rings (SSSR count). The molecule has 0 saturated carbocycles. The smallest absolute Gasteiger partial charge is 0.0845 e. The van der Waals surface area contributed by atoms with Gasteiger partial charge in [0.1, 0.15) is 0 Å². The maximum atomic E-state index is 4.18. The number of nitrogens with one attached hydrogen (secondary N) is 1. The van der Waals surface area contributed by atoms with Gasteiger partial charge in [-0.05, 0) is 24.6 Å².